The average Bonchev–Trinajstić information content (AvgIpc) is 2.96. The summed E-state index contributed by atoms with van der Waals surface area (Å²) >= 11 is 0. The molecule has 0 aliphatic carbocycles. The number of halogens is 1. The van der Waals surface area contributed by atoms with Gasteiger partial charge in [0.15, 0.2) is 0 Å². The minimum Gasteiger partial charge on any atom is -0.370 e. The zero-order valence-electron chi connectivity index (χ0n) is 13.5. The number of nitrogens with two attached hydrogens (primary N) is 1. The second-order valence-electron chi connectivity index (χ2n) is 5.88. The maximum Gasteiger partial charge on any atom is 0.224 e. The number of H-pyrrole nitrogens is 1. The number of hydrogen-bond donors (Lipinski definition) is 3. The Hall–Kier alpha value is -3.15. The summed E-state index contributed by atoms with van der Waals surface area (Å²) in [5.41, 5.74) is 7.52. The number of fused-ring (bicyclic) bond motifs is 1. The van der Waals surface area contributed by atoms with E-state index in [9.17, 15) is 14.0 Å². The van der Waals surface area contributed by atoms with Crippen LogP contribution in [0.5, 0.6) is 0 Å². The molecule has 5 nitrogen and oxygen atoms in total. The average molecular weight is 339 g/mol. The highest BCUT2D eigenvalue weighted by atomic mass is 19.1. The van der Waals surface area contributed by atoms with Crippen LogP contribution in [0.1, 0.15) is 23.6 Å². The Morgan fingerprint density at radius 3 is 2.64 bits per heavy atom. The molecule has 0 spiro atoms. The van der Waals surface area contributed by atoms with Crippen molar-refractivity contribution in [3.63, 3.8) is 0 Å². The second-order valence-corrected chi connectivity index (χ2v) is 5.88. The fourth-order valence-corrected chi connectivity index (χ4v) is 2.86. The molecule has 1 heterocycles. The van der Waals surface area contributed by atoms with Crippen LogP contribution in [0.2, 0.25) is 0 Å². The third-order valence-electron chi connectivity index (χ3n) is 4.02. The first-order valence-electron chi connectivity index (χ1n) is 7.91. The van der Waals surface area contributed by atoms with E-state index in [-0.39, 0.29) is 24.6 Å². The number of hydrogen-bond acceptors (Lipinski definition) is 2. The summed E-state index contributed by atoms with van der Waals surface area (Å²) in [5, 5.41) is 3.65. The number of amides is 2. The van der Waals surface area contributed by atoms with E-state index in [1.54, 1.807) is 12.3 Å². The molecule has 0 aliphatic rings. The maximum atomic E-state index is 13.2. The molecule has 0 unspecified atom stereocenters. The Morgan fingerprint density at radius 2 is 1.92 bits per heavy atom. The van der Waals surface area contributed by atoms with Crippen molar-refractivity contribution < 1.29 is 14.0 Å². The van der Waals surface area contributed by atoms with Gasteiger partial charge in [0.05, 0.1) is 18.9 Å². The molecule has 0 saturated heterocycles. The molecule has 0 aliphatic heterocycles. The van der Waals surface area contributed by atoms with Gasteiger partial charge in [-0.1, -0.05) is 30.3 Å². The number of rotatable bonds is 6. The summed E-state index contributed by atoms with van der Waals surface area (Å²) < 4.78 is 13.2. The number of benzene rings is 2. The van der Waals surface area contributed by atoms with Crippen LogP contribution in [-0.4, -0.2) is 16.8 Å². The van der Waals surface area contributed by atoms with Crippen LogP contribution in [0.4, 0.5) is 4.39 Å². The van der Waals surface area contributed by atoms with Crippen LogP contribution < -0.4 is 11.1 Å². The van der Waals surface area contributed by atoms with Gasteiger partial charge in [0.25, 0.3) is 0 Å². The minimum atomic E-state index is -0.489. The van der Waals surface area contributed by atoms with E-state index in [0.717, 1.165) is 16.5 Å². The van der Waals surface area contributed by atoms with Crippen molar-refractivity contribution in [1.82, 2.24) is 10.3 Å². The monoisotopic (exact) mass is 339 g/mol. The highest BCUT2D eigenvalue weighted by molar-refractivity contribution is 5.89. The molecule has 128 valence electrons. The molecule has 2 aromatic carbocycles. The third kappa shape index (κ3) is 4.03. The molecule has 3 rings (SSSR count). The van der Waals surface area contributed by atoms with E-state index in [0.29, 0.717) is 5.52 Å². The Labute approximate surface area is 144 Å². The summed E-state index contributed by atoms with van der Waals surface area (Å²) in [7, 11) is 0. The highest BCUT2D eigenvalue weighted by Gasteiger charge is 2.18. The van der Waals surface area contributed by atoms with E-state index in [1.165, 1.54) is 12.1 Å². The van der Waals surface area contributed by atoms with Gasteiger partial charge in [-0.15, -0.1) is 0 Å². The molecule has 0 radical (unpaired) electrons. The molecule has 1 atom stereocenters. The van der Waals surface area contributed by atoms with Gasteiger partial charge in [0, 0.05) is 17.1 Å². The molecule has 0 fully saturated rings. The van der Waals surface area contributed by atoms with Crippen LogP contribution in [0.3, 0.4) is 0 Å². The molecule has 6 heteroatoms. The SMILES string of the molecule is NC(=O)C[C@@H](NC(=O)Cc1c[nH]c2cc(F)ccc12)c1ccccc1. The third-order valence-corrected chi connectivity index (χ3v) is 4.02. The van der Waals surface area contributed by atoms with E-state index in [1.807, 2.05) is 30.3 Å². The number of aromatic nitrogens is 1. The smallest absolute Gasteiger partial charge is 0.224 e. The molecule has 1 aromatic heterocycles. The fraction of sp³-hybridized carbons (Fsp3) is 0.158. The van der Waals surface area contributed by atoms with Crippen molar-refractivity contribution in [3.8, 4) is 0 Å². The second kappa shape index (κ2) is 7.17. The highest BCUT2D eigenvalue weighted by Crippen LogP contribution is 2.21. The Bertz CT molecular complexity index is 905. The lowest BCUT2D eigenvalue weighted by molar-refractivity contribution is -0.122. The van der Waals surface area contributed by atoms with Crippen LogP contribution in [0.15, 0.2) is 54.7 Å². The molecule has 0 saturated carbocycles. The maximum absolute atomic E-state index is 13.2. The van der Waals surface area contributed by atoms with Gasteiger partial charge in [-0.05, 0) is 29.3 Å². The predicted octanol–water partition coefficient (Wildman–Crippen LogP) is 2.58. The van der Waals surface area contributed by atoms with Crippen LogP contribution in [-0.2, 0) is 16.0 Å². The van der Waals surface area contributed by atoms with E-state index >= 15 is 0 Å². The Morgan fingerprint density at radius 1 is 1.16 bits per heavy atom. The fourth-order valence-electron chi connectivity index (χ4n) is 2.86. The summed E-state index contributed by atoms with van der Waals surface area (Å²) in [6.45, 7) is 0. The molecule has 4 N–H and O–H groups in total. The number of primary amides is 1. The first-order valence-corrected chi connectivity index (χ1v) is 7.91. The first kappa shape index (κ1) is 16.7. The zero-order valence-corrected chi connectivity index (χ0v) is 13.5. The van der Waals surface area contributed by atoms with Gasteiger partial charge in [-0.2, -0.15) is 0 Å². The Kier molecular flexibility index (Phi) is 4.79. The van der Waals surface area contributed by atoms with Crippen LogP contribution >= 0.6 is 0 Å². The van der Waals surface area contributed by atoms with Gasteiger partial charge in [-0.25, -0.2) is 4.39 Å². The summed E-state index contributed by atoms with van der Waals surface area (Å²) in [6.07, 6.45) is 1.83. The Balaban J connectivity index is 1.76. The molecule has 3 aromatic rings. The van der Waals surface area contributed by atoms with Crippen molar-refractivity contribution in [3.05, 3.63) is 71.7 Å². The lowest BCUT2D eigenvalue weighted by atomic mass is 10.0. The molecular formula is C19H18FN3O2. The predicted molar refractivity (Wildman–Crippen MR) is 93.1 cm³/mol. The van der Waals surface area contributed by atoms with E-state index < -0.39 is 11.9 Å². The van der Waals surface area contributed by atoms with E-state index in [4.69, 9.17) is 5.73 Å². The van der Waals surface area contributed by atoms with Gasteiger partial charge >= 0.3 is 0 Å². The lowest BCUT2D eigenvalue weighted by Gasteiger charge is -2.17. The standard InChI is InChI=1S/C19H18FN3O2/c20-14-6-7-15-13(11-22-17(15)9-14)8-19(25)23-16(10-18(21)24)12-4-2-1-3-5-12/h1-7,9,11,16,22H,8,10H2,(H2,21,24)(H,23,25)/t16-/m1/s1. The van der Waals surface area contributed by atoms with Gasteiger partial charge in [0.1, 0.15) is 5.82 Å². The molecule has 2 amide bonds. The van der Waals surface area contributed by atoms with E-state index in [2.05, 4.69) is 10.3 Å². The quantitative estimate of drug-likeness (QED) is 0.644. The van der Waals surface area contributed by atoms with Crippen molar-refractivity contribution in [2.24, 2.45) is 5.73 Å². The van der Waals surface area contributed by atoms with Gasteiger partial charge < -0.3 is 16.0 Å². The lowest BCUT2D eigenvalue weighted by Crippen LogP contribution is -2.32. The largest absolute Gasteiger partial charge is 0.370 e. The minimum absolute atomic E-state index is 0.0227. The molecule has 0 bridgehead atoms. The van der Waals surface area contributed by atoms with Crippen LogP contribution in [0, 0.1) is 5.82 Å². The van der Waals surface area contributed by atoms with Crippen molar-refractivity contribution in [2.45, 2.75) is 18.9 Å². The first-order chi connectivity index (χ1) is 12.0. The zero-order chi connectivity index (χ0) is 17.8. The topological polar surface area (TPSA) is 88.0 Å². The van der Waals surface area contributed by atoms with Crippen LogP contribution in [0.25, 0.3) is 10.9 Å². The number of aromatic amines is 1. The number of carbonyl (C=O) groups excluding carboxylic acids is 2. The van der Waals surface area contributed by atoms with Gasteiger partial charge in [-0.3, -0.25) is 9.59 Å². The van der Waals surface area contributed by atoms with Crippen molar-refractivity contribution in [2.75, 3.05) is 0 Å². The van der Waals surface area contributed by atoms with Gasteiger partial charge in [0.2, 0.25) is 11.8 Å². The molecule has 25 heavy (non-hydrogen) atoms. The van der Waals surface area contributed by atoms with Crippen molar-refractivity contribution in [1.29, 1.82) is 0 Å². The number of carbonyl (C=O) groups is 2. The molecular weight excluding hydrogens is 321 g/mol. The summed E-state index contributed by atoms with van der Waals surface area (Å²) in [6, 6.07) is 13.1. The number of nitrogens with one attached hydrogen (secondary N) is 2. The summed E-state index contributed by atoms with van der Waals surface area (Å²) in [4.78, 5) is 26.7. The van der Waals surface area contributed by atoms with Crippen molar-refractivity contribution >= 4 is 22.7 Å². The summed E-state index contributed by atoms with van der Waals surface area (Å²) in [5.74, 6) is -1.06. The normalized spacial score (nSPS) is 12.0.